The highest BCUT2D eigenvalue weighted by Crippen LogP contribution is 2.20. The van der Waals surface area contributed by atoms with Gasteiger partial charge in [0.1, 0.15) is 0 Å². The Morgan fingerprint density at radius 2 is 1.46 bits per heavy atom. The van der Waals surface area contributed by atoms with E-state index in [-0.39, 0.29) is 0 Å². The molecule has 0 fully saturated rings. The van der Waals surface area contributed by atoms with Crippen molar-refractivity contribution in [1.29, 1.82) is 0 Å². The molecular formula is C12H23N. The molecule has 1 aliphatic carbocycles. The SMILES string of the molecule is C/C1=C(/CN)CCCCCCCC1. The summed E-state index contributed by atoms with van der Waals surface area (Å²) in [7, 11) is 0. The molecule has 0 heterocycles. The molecule has 13 heavy (non-hydrogen) atoms. The van der Waals surface area contributed by atoms with E-state index >= 15 is 0 Å². The molecule has 0 aromatic rings. The van der Waals surface area contributed by atoms with Gasteiger partial charge < -0.3 is 5.73 Å². The zero-order valence-electron chi connectivity index (χ0n) is 8.94. The highest BCUT2D eigenvalue weighted by Gasteiger charge is 2.03. The van der Waals surface area contributed by atoms with Crippen molar-refractivity contribution in [2.24, 2.45) is 5.73 Å². The minimum atomic E-state index is 0.784. The lowest BCUT2D eigenvalue weighted by atomic mass is 9.95. The Kier molecular flexibility index (Phi) is 5.14. The van der Waals surface area contributed by atoms with Gasteiger partial charge in [-0.15, -0.1) is 0 Å². The van der Waals surface area contributed by atoms with Gasteiger partial charge in [-0.25, -0.2) is 0 Å². The van der Waals surface area contributed by atoms with Gasteiger partial charge in [0.25, 0.3) is 0 Å². The Hall–Kier alpha value is -0.300. The lowest BCUT2D eigenvalue weighted by Gasteiger charge is -2.12. The molecule has 2 N–H and O–H groups in total. The molecule has 0 saturated carbocycles. The Morgan fingerprint density at radius 3 is 2.08 bits per heavy atom. The smallest absolute Gasteiger partial charge is 0.0139 e. The summed E-state index contributed by atoms with van der Waals surface area (Å²) in [5.74, 6) is 0. The number of rotatable bonds is 1. The Morgan fingerprint density at radius 1 is 0.923 bits per heavy atom. The summed E-state index contributed by atoms with van der Waals surface area (Å²) in [6.07, 6.45) is 10.9. The molecule has 76 valence electrons. The molecule has 0 spiro atoms. The van der Waals surface area contributed by atoms with Gasteiger partial charge in [-0.1, -0.05) is 36.8 Å². The second kappa shape index (κ2) is 6.20. The van der Waals surface area contributed by atoms with Crippen molar-refractivity contribution in [3.8, 4) is 0 Å². The van der Waals surface area contributed by atoms with Crippen molar-refractivity contribution in [3.05, 3.63) is 11.1 Å². The van der Waals surface area contributed by atoms with Crippen molar-refractivity contribution in [2.45, 2.75) is 58.3 Å². The summed E-state index contributed by atoms with van der Waals surface area (Å²) in [5.41, 5.74) is 8.85. The molecule has 1 heteroatoms. The molecule has 0 unspecified atom stereocenters. The topological polar surface area (TPSA) is 26.0 Å². The third kappa shape index (κ3) is 3.95. The van der Waals surface area contributed by atoms with E-state index in [2.05, 4.69) is 6.92 Å². The van der Waals surface area contributed by atoms with Gasteiger partial charge in [0.2, 0.25) is 0 Å². The molecule has 1 aliphatic rings. The van der Waals surface area contributed by atoms with Crippen LogP contribution in [0.4, 0.5) is 0 Å². The summed E-state index contributed by atoms with van der Waals surface area (Å²) < 4.78 is 0. The Labute approximate surface area is 82.4 Å². The van der Waals surface area contributed by atoms with Crippen molar-refractivity contribution in [2.75, 3.05) is 6.54 Å². The summed E-state index contributed by atoms with van der Waals surface area (Å²) in [4.78, 5) is 0. The highest BCUT2D eigenvalue weighted by molar-refractivity contribution is 5.13. The lowest BCUT2D eigenvalue weighted by molar-refractivity contribution is 0.575. The average molecular weight is 181 g/mol. The molecule has 0 bridgehead atoms. The van der Waals surface area contributed by atoms with E-state index in [1.807, 2.05) is 0 Å². The second-order valence-electron chi connectivity index (χ2n) is 4.21. The zero-order valence-corrected chi connectivity index (χ0v) is 8.94. The van der Waals surface area contributed by atoms with Crippen molar-refractivity contribution in [1.82, 2.24) is 0 Å². The first-order valence-corrected chi connectivity index (χ1v) is 5.72. The molecule has 1 rings (SSSR count). The van der Waals surface area contributed by atoms with Crippen LogP contribution in [0.5, 0.6) is 0 Å². The number of nitrogens with two attached hydrogens (primary N) is 1. The molecule has 0 radical (unpaired) electrons. The van der Waals surface area contributed by atoms with Crippen LogP contribution in [-0.4, -0.2) is 6.54 Å². The number of allylic oxidation sites excluding steroid dienone is 1. The van der Waals surface area contributed by atoms with Crippen molar-refractivity contribution in [3.63, 3.8) is 0 Å². The molecule has 0 aromatic heterocycles. The Bertz CT molecular complexity index is 170. The van der Waals surface area contributed by atoms with Crippen LogP contribution in [0.25, 0.3) is 0 Å². The van der Waals surface area contributed by atoms with Crippen LogP contribution in [0.2, 0.25) is 0 Å². The van der Waals surface area contributed by atoms with Crippen molar-refractivity contribution >= 4 is 0 Å². The Balaban J connectivity index is 2.50. The van der Waals surface area contributed by atoms with Gasteiger partial charge in [-0.05, 0) is 32.6 Å². The van der Waals surface area contributed by atoms with Crippen molar-refractivity contribution < 1.29 is 0 Å². The van der Waals surface area contributed by atoms with Crippen LogP contribution in [0.15, 0.2) is 11.1 Å². The first-order valence-electron chi connectivity index (χ1n) is 5.72. The van der Waals surface area contributed by atoms with Crippen LogP contribution in [0.3, 0.4) is 0 Å². The maximum absolute atomic E-state index is 5.75. The van der Waals surface area contributed by atoms with Gasteiger partial charge in [0.15, 0.2) is 0 Å². The fourth-order valence-corrected chi connectivity index (χ4v) is 2.10. The number of hydrogen-bond acceptors (Lipinski definition) is 1. The van der Waals surface area contributed by atoms with Crippen LogP contribution < -0.4 is 5.73 Å². The summed E-state index contributed by atoms with van der Waals surface area (Å²) in [5, 5.41) is 0. The predicted molar refractivity (Wildman–Crippen MR) is 58.7 cm³/mol. The molecule has 0 saturated heterocycles. The van der Waals surface area contributed by atoms with Crippen LogP contribution in [-0.2, 0) is 0 Å². The number of hydrogen-bond donors (Lipinski definition) is 1. The molecule has 0 atom stereocenters. The van der Waals surface area contributed by atoms with Crippen LogP contribution in [0, 0.1) is 0 Å². The third-order valence-corrected chi connectivity index (χ3v) is 3.13. The zero-order chi connectivity index (χ0) is 9.52. The molecule has 1 nitrogen and oxygen atoms in total. The van der Waals surface area contributed by atoms with Gasteiger partial charge >= 0.3 is 0 Å². The third-order valence-electron chi connectivity index (χ3n) is 3.13. The quantitative estimate of drug-likeness (QED) is 0.616. The van der Waals surface area contributed by atoms with E-state index in [9.17, 15) is 0 Å². The van der Waals surface area contributed by atoms with E-state index in [1.54, 1.807) is 5.57 Å². The van der Waals surface area contributed by atoms with Gasteiger partial charge in [0.05, 0.1) is 0 Å². The summed E-state index contributed by atoms with van der Waals surface area (Å²) in [6.45, 7) is 3.05. The molecule has 0 amide bonds. The van der Waals surface area contributed by atoms with E-state index in [1.165, 1.54) is 56.9 Å². The largest absolute Gasteiger partial charge is 0.327 e. The van der Waals surface area contributed by atoms with Gasteiger partial charge in [-0.2, -0.15) is 0 Å². The first kappa shape index (κ1) is 10.8. The normalized spacial score (nSPS) is 27.2. The average Bonchev–Trinajstić information content (AvgIpc) is 2.16. The van der Waals surface area contributed by atoms with Gasteiger partial charge in [-0.3, -0.25) is 0 Å². The van der Waals surface area contributed by atoms with E-state index in [4.69, 9.17) is 5.73 Å². The second-order valence-corrected chi connectivity index (χ2v) is 4.21. The molecule has 0 aromatic carbocycles. The fourth-order valence-electron chi connectivity index (χ4n) is 2.10. The molecular weight excluding hydrogens is 158 g/mol. The monoisotopic (exact) mass is 181 g/mol. The molecule has 0 aliphatic heterocycles. The minimum Gasteiger partial charge on any atom is -0.327 e. The van der Waals surface area contributed by atoms with E-state index in [0.29, 0.717) is 0 Å². The van der Waals surface area contributed by atoms with E-state index < -0.39 is 0 Å². The lowest BCUT2D eigenvalue weighted by Crippen LogP contribution is -2.06. The van der Waals surface area contributed by atoms with Crippen LogP contribution >= 0.6 is 0 Å². The summed E-state index contributed by atoms with van der Waals surface area (Å²) >= 11 is 0. The maximum Gasteiger partial charge on any atom is 0.0139 e. The van der Waals surface area contributed by atoms with Crippen LogP contribution in [0.1, 0.15) is 58.3 Å². The standard InChI is InChI=1S/C12H23N/c1-11-8-6-4-2-3-5-7-9-12(11)10-13/h2-10,13H2,1H3/b12-11-. The first-order chi connectivity index (χ1) is 6.34. The highest BCUT2D eigenvalue weighted by atomic mass is 14.5. The van der Waals surface area contributed by atoms with E-state index in [0.717, 1.165) is 6.54 Å². The fraction of sp³-hybridized carbons (Fsp3) is 0.833. The van der Waals surface area contributed by atoms with Gasteiger partial charge in [0, 0.05) is 6.54 Å². The minimum absolute atomic E-state index is 0.784. The maximum atomic E-state index is 5.75. The summed E-state index contributed by atoms with van der Waals surface area (Å²) in [6, 6.07) is 0. The predicted octanol–water partition coefficient (Wildman–Crippen LogP) is 3.40.